The maximum Gasteiger partial charge on any atom is 0.419 e. The molecule has 5 heteroatoms. The minimum absolute atomic E-state index is 0.397. The van der Waals surface area contributed by atoms with Gasteiger partial charge in [-0.25, -0.2) is 4.79 Å². The molecule has 4 nitrogen and oxygen atoms in total. The lowest BCUT2D eigenvalue weighted by molar-refractivity contribution is 0.0544. The molecule has 2 aromatic carbocycles. The first-order chi connectivity index (χ1) is 11.8. The molecular weight excluding hydrogens is 382 g/mol. The molecule has 25 heavy (non-hydrogen) atoms. The lowest BCUT2D eigenvalue weighted by atomic mass is 10.0. The summed E-state index contributed by atoms with van der Waals surface area (Å²) in [5.74, 6) is 0.793. The third kappa shape index (κ3) is 3.71. The first-order valence-corrected chi connectivity index (χ1v) is 8.76. The van der Waals surface area contributed by atoms with Gasteiger partial charge in [0.1, 0.15) is 11.4 Å². The van der Waals surface area contributed by atoms with Crippen molar-refractivity contribution in [2.75, 3.05) is 7.11 Å². The highest BCUT2D eigenvalue weighted by molar-refractivity contribution is 9.10. The summed E-state index contributed by atoms with van der Waals surface area (Å²) in [6, 6.07) is 13.8. The first-order valence-electron chi connectivity index (χ1n) is 7.97. The van der Waals surface area contributed by atoms with Crippen LogP contribution >= 0.6 is 15.9 Å². The predicted octanol–water partition coefficient (Wildman–Crippen LogP) is 5.86. The predicted molar refractivity (Wildman–Crippen MR) is 103 cm³/mol. The Hall–Kier alpha value is -2.27. The highest BCUT2D eigenvalue weighted by atomic mass is 79.9. The van der Waals surface area contributed by atoms with Gasteiger partial charge < -0.3 is 9.47 Å². The third-order valence-electron chi connectivity index (χ3n) is 3.75. The fourth-order valence-electron chi connectivity index (χ4n) is 2.63. The van der Waals surface area contributed by atoms with E-state index in [9.17, 15) is 4.79 Å². The highest BCUT2D eigenvalue weighted by Crippen LogP contribution is 2.32. The van der Waals surface area contributed by atoms with Crippen molar-refractivity contribution >= 4 is 32.9 Å². The van der Waals surface area contributed by atoms with E-state index in [1.54, 1.807) is 13.3 Å². The zero-order chi connectivity index (χ0) is 18.2. The van der Waals surface area contributed by atoms with Crippen LogP contribution in [0.5, 0.6) is 5.75 Å². The van der Waals surface area contributed by atoms with Gasteiger partial charge in [-0.3, -0.25) is 4.57 Å². The van der Waals surface area contributed by atoms with Crippen molar-refractivity contribution < 1.29 is 14.3 Å². The largest absolute Gasteiger partial charge is 0.497 e. The summed E-state index contributed by atoms with van der Waals surface area (Å²) in [5.41, 5.74) is 2.27. The number of rotatable bonds is 2. The molecule has 0 aliphatic heterocycles. The van der Waals surface area contributed by atoms with Crippen molar-refractivity contribution in [2.45, 2.75) is 26.4 Å². The fourth-order valence-corrected chi connectivity index (χ4v) is 3.17. The molecule has 130 valence electrons. The van der Waals surface area contributed by atoms with E-state index in [0.29, 0.717) is 0 Å². The smallest absolute Gasteiger partial charge is 0.419 e. The zero-order valence-electron chi connectivity index (χ0n) is 14.7. The van der Waals surface area contributed by atoms with Crippen molar-refractivity contribution in [3.05, 3.63) is 53.1 Å². The van der Waals surface area contributed by atoms with E-state index in [1.807, 2.05) is 63.2 Å². The molecular formula is C20H20BrNO3. The van der Waals surface area contributed by atoms with E-state index < -0.39 is 11.7 Å². The average molecular weight is 402 g/mol. The van der Waals surface area contributed by atoms with Crippen LogP contribution in [-0.2, 0) is 4.74 Å². The zero-order valence-corrected chi connectivity index (χ0v) is 16.3. The van der Waals surface area contributed by atoms with Crippen molar-refractivity contribution in [3.8, 4) is 16.9 Å². The van der Waals surface area contributed by atoms with Gasteiger partial charge in [-0.1, -0.05) is 24.3 Å². The Morgan fingerprint density at radius 1 is 1.08 bits per heavy atom. The Morgan fingerprint density at radius 3 is 2.48 bits per heavy atom. The van der Waals surface area contributed by atoms with Gasteiger partial charge in [0.2, 0.25) is 0 Å². The molecule has 1 heterocycles. The molecule has 0 aliphatic rings. The molecule has 3 rings (SSSR count). The molecule has 0 saturated carbocycles. The molecule has 0 atom stereocenters. The monoisotopic (exact) mass is 401 g/mol. The van der Waals surface area contributed by atoms with Crippen molar-refractivity contribution in [1.29, 1.82) is 0 Å². The standard InChI is InChI=1S/C20H20BrNO3/c1-20(2,3)25-19(23)22-12-17(21)16-9-8-14(11-18(16)22)13-6-5-7-15(10-13)24-4/h5-12H,1-4H3. The van der Waals surface area contributed by atoms with E-state index in [2.05, 4.69) is 15.9 Å². The van der Waals surface area contributed by atoms with E-state index in [-0.39, 0.29) is 0 Å². The molecule has 1 aromatic heterocycles. The van der Waals surface area contributed by atoms with Gasteiger partial charge in [0, 0.05) is 16.1 Å². The molecule has 0 saturated heterocycles. The van der Waals surface area contributed by atoms with E-state index in [4.69, 9.17) is 9.47 Å². The molecule has 0 unspecified atom stereocenters. The summed E-state index contributed by atoms with van der Waals surface area (Å²) in [5, 5.41) is 0.956. The molecule has 0 N–H and O–H groups in total. The molecule has 0 aliphatic carbocycles. The lowest BCUT2D eigenvalue weighted by Crippen LogP contribution is -2.26. The van der Waals surface area contributed by atoms with Crippen LogP contribution in [0.1, 0.15) is 20.8 Å². The number of ether oxygens (including phenoxy) is 2. The second kappa shape index (κ2) is 6.56. The number of nitrogens with zero attached hydrogens (tertiary/aromatic N) is 1. The number of methoxy groups -OCH3 is 1. The minimum atomic E-state index is -0.551. The summed E-state index contributed by atoms with van der Waals surface area (Å²) in [6.07, 6.45) is 1.35. The number of hydrogen-bond donors (Lipinski definition) is 0. The van der Waals surface area contributed by atoms with E-state index in [0.717, 1.165) is 32.3 Å². The van der Waals surface area contributed by atoms with Gasteiger partial charge in [-0.05, 0) is 66.0 Å². The summed E-state index contributed by atoms with van der Waals surface area (Å²) in [7, 11) is 1.65. The van der Waals surface area contributed by atoms with Crippen LogP contribution < -0.4 is 4.74 Å². The molecule has 3 aromatic rings. The number of aromatic nitrogens is 1. The minimum Gasteiger partial charge on any atom is -0.497 e. The number of hydrogen-bond acceptors (Lipinski definition) is 3. The molecule has 0 bridgehead atoms. The van der Waals surface area contributed by atoms with Crippen LogP contribution in [0.4, 0.5) is 4.79 Å². The van der Waals surface area contributed by atoms with E-state index >= 15 is 0 Å². The van der Waals surface area contributed by atoms with Crippen LogP contribution in [0.2, 0.25) is 0 Å². The quantitative estimate of drug-likeness (QED) is 0.539. The Bertz CT molecular complexity index is 938. The first kappa shape index (κ1) is 17.5. The van der Waals surface area contributed by atoms with Gasteiger partial charge in [-0.15, -0.1) is 0 Å². The second-order valence-corrected chi connectivity index (χ2v) is 7.65. The van der Waals surface area contributed by atoms with Crippen LogP contribution in [0.25, 0.3) is 22.0 Å². The summed E-state index contributed by atoms with van der Waals surface area (Å²) in [4.78, 5) is 12.5. The molecule has 0 amide bonds. The third-order valence-corrected chi connectivity index (χ3v) is 4.38. The number of halogens is 1. The van der Waals surface area contributed by atoms with Crippen molar-refractivity contribution in [3.63, 3.8) is 0 Å². The number of fused-ring (bicyclic) bond motifs is 1. The molecule has 0 radical (unpaired) electrons. The van der Waals surface area contributed by atoms with Gasteiger partial charge >= 0.3 is 6.09 Å². The summed E-state index contributed by atoms with van der Waals surface area (Å²) < 4.78 is 13.2. The molecule has 0 spiro atoms. The SMILES string of the molecule is COc1cccc(-c2ccc3c(Br)cn(C(=O)OC(C)(C)C)c3c2)c1. The van der Waals surface area contributed by atoms with Crippen molar-refractivity contribution in [2.24, 2.45) is 0 Å². The van der Waals surface area contributed by atoms with Gasteiger partial charge in [0.15, 0.2) is 0 Å². The fraction of sp³-hybridized carbons (Fsp3) is 0.250. The van der Waals surface area contributed by atoms with Gasteiger partial charge in [-0.2, -0.15) is 0 Å². The van der Waals surface area contributed by atoms with Crippen LogP contribution in [0.3, 0.4) is 0 Å². The Morgan fingerprint density at radius 2 is 1.80 bits per heavy atom. The number of benzene rings is 2. The van der Waals surface area contributed by atoms with Crippen molar-refractivity contribution in [1.82, 2.24) is 4.57 Å². The van der Waals surface area contributed by atoms with Crippen LogP contribution in [-0.4, -0.2) is 23.4 Å². The maximum atomic E-state index is 12.5. The Labute approximate surface area is 155 Å². The van der Waals surface area contributed by atoms with Gasteiger partial charge in [0.25, 0.3) is 0 Å². The topological polar surface area (TPSA) is 40.5 Å². The lowest BCUT2D eigenvalue weighted by Gasteiger charge is -2.19. The second-order valence-electron chi connectivity index (χ2n) is 6.79. The van der Waals surface area contributed by atoms with Gasteiger partial charge in [0.05, 0.1) is 12.6 Å². The van der Waals surface area contributed by atoms with Crippen LogP contribution in [0, 0.1) is 0 Å². The Kier molecular flexibility index (Phi) is 4.60. The Balaban J connectivity index is 2.10. The normalized spacial score (nSPS) is 11.6. The maximum absolute atomic E-state index is 12.5. The summed E-state index contributed by atoms with van der Waals surface area (Å²) in [6.45, 7) is 5.56. The number of carbonyl (C=O) groups is 1. The van der Waals surface area contributed by atoms with Crippen LogP contribution in [0.15, 0.2) is 53.1 Å². The molecule has 0 fully saturated rings. The summed E-state index contributed by atoms with van der Waals surface area (Å²) >= 11 is 3.52. The highest BCUT2D eigenvalue weighted by Gasteiger charge is 2.20. The van der Waals surface area contributed by atoms with E-state index in [1.165, 1.54) is 4.57 Å². The average Bonchev–Trinajstić information content (AvgIpc) is 2.90. The number of carbonyl (C=O) groups excluding carboxylic acids is 1.